The molecule has 2 heterocycles. The molecule has 0 saturated carbocycles. The number of H-pyrrole nitrogens is 1. The maximum atomic E-state index is 12.3. The van der Waals surface area contributed by atoms with Crippen LogP contribution in [0.4, 0.5) is 0 Å². The van der Waals surface area contributed by atoms with E-state index in [9.17, 15) is 8.42 Å². The highest BCUT2D eigenvalue weighted by Crippen LogP contribution is 2.19. The molecule has 8 heteroatoms. The Kier molecular flexibility index (Phi) is 3.48. The topological polar surface area (TPSA) is 101 Å². The third-order valence-corrected chi connectivity index (χ3v) is 4.58. The number of ether oxygens (including phenoxy) is 1. The van der Waals surface area contributed by atoms with Crippen LogP contribution in [0.2, 0.25) is 0 Å². The molecule has 1 atom stereocenters. The fraction of sp³-hybridized carbons (Fsp3) is 0.667. The molecule has 1 fully saturated rings. The SMILES string of the molecule is CC1CN(S(=O)(=O)c2[nH]ncc2CN)CCO1. The molecule has 2 rings (SSSR count). The molecule has 1 unspecified atom stereocenters. The summed E-state index contributed by atoms with van der Waals surface area (Å²) in [5.74, 6) is 0. The number of nitrogens with two attached hydrogens (primary N) is 1. The Morgan fingerprint density at radius 1 is 1.71 bits per heavy atom. The summed E-state index contributed by atoms with van der Waals surface area (Å²) in [7, 11) is -3.54. The van der Waals surface area contributed by atoms with Gasteiger partial charge >= 0.3 is 0 Å². The minimum Gasteiger partial charge on any atom is -0.376 e. The highest BCUT2D eigenvalue weighted by molar-refractivity contribution is 7.89. The number of rotatable bonds is 3. The number of nitrogens with one attached hydrogen (secondary N) is 1. The Hall–Kier alpha value is -0.960. The Labute approximate surface area is 100.0 Å². The molecule has 0 aromatic carbocycles. The highest BCUT2D eigenvalue weighted by atomic mass is 32.2. The fourth-order valence-corrected chi connectivity index (χ4v) is 3.42. The Bertz CT molecular complexity index is 484. The molecular weight excluding hydrogens is 244 g/mol. The first-order valence-corrected chi connectivity index (χ1v) is 6.83. The van der Waals surface area contributed by atoms with Gasteiger partial charge in [0, 0.05) is 25.2 Å². The van der Waals surface area contributed by atoms with Crippen molar-refractivity contribution in [3.63, 3.8) is 0 Å². The van der Waals surface area contributed by atoms with Gasteiger partial charge in [-0.1, -0.05) is 0 Å². The Balaban J connectivity index is 2.30. The molecule has 1 aliphatic rings. The first-order valence-electron chi connectivity index (χ1n) is 5.39. The maximum absolute atomic E-state index is 12.3. The Morgan fingerprint density at radius 3 is 3.12 bits per heavy atom. The van der Waals surface area contributed by atoms with Crippen LogP contribution in [0.5, 0.6) is 0 Å². The van der Waals surface area contributed by atoms with Crippen LogP contribution in [0.15, 0.2) is 11.2 Å². The quantitative estimate of drug-likeness (QED) is 0.746. The molecule has 1 aromatic rings. The van der Waals surface area contributed by atoms with E-state index in [2.05, 4.69) is 10.2 Å². The van der Waals surface area contributed by atoms with Crippen LogP contribution < -0.4 is 5.73 Å². The van der Waals surface area contributed by atoms with E-state index < -0.39 is 10.0 Å². The van der Waals surface area contributed by atoms with Crippen LogP contribution in [0.1, 0.15) is 12.5 Å². The van der Waals surface area contributed by atoms with Gasteiger partial charge in [0.1, 0.15) is 0 Å². The predicted octanol–water partition coefficient (Wildman–Crippen LogP) is -0.722. The van der Waals surface area contributed by atoms with Crippen LogP contribution >= 0.6 is 0 Å². The zero-order valence-electron chi connectivity index (χ0n) is 9.59. The van der Waals surface area contributed by atoms with E-state index in [-0.39, 0.29) is 17.7 Å². The number of aromatic amines is 1. The lowest BCUT2D eigenvalue weighted by molar-refractivity contribution is 0.0101. The molecule has 0 amide bonds. The maximum Gasteiger partial charge on any atom is 0.260 e. The van der Waals surface area contributed by atoms with Crippen LogP contribution in [-0.2, 0) is 21.3 Å². The van der Waals surface area contributed by atoms with Crippen molar-refractivity contribution in [2.24, 2.45) is 5.73 Å². The highest BCUT2D eigenvalue weighted by Gasteiger charge is 2.31. The summed E-state index contributed by atoms with van der Waals surface area (Å²) in [6.45, 7) is 3.11. The average Bonchev–Trinajstić information content (AvgIpc) is 2.77. The molecule has 1 aliphatic heterocycles. The van der Waals surface area contributed by atoms with Gasteiger partial charge < -0.3 is 10.5 Å². The normalized spacial score (nSPS) is 22.8. The average molecular weight is 260 g/mol. The summed E-state index contributed by atoms with van der Waals surface area (Å²) < 4.78 is 31.4. The molecule has 3 N–H and O–H groups in total. The molecule has 1 aromatic heterocycles. The minimum absolute atomic E-state index is 0.0918. The lowest BCUT2D eigenvalue weighted by Gasteiger charge is -2.29. The van der Waals surface area contributed by atoms with Crippen molar-refractivity contribution in [2.45, 2.75) is 24.6 Å². The number of sulfonamides is 1. The second-order valence-corrected chi connectivity index (χ2v) is 5.85. The third-order valence-electron chi connectivity index (χ3n) is 2.70. The van der Waals surface area contributed by atoms with Crippen molar-refractivity contribution >= 4 is 10.0 Å². The van der Waals surface area contributed by atoms with Gasteiger partial charge in [-0.15, -0.1) is 0 Å². The lowest BCUT2D eigenvalue weighted by atomic mass is 10.3. The van der Waals surface area contributed by atoms with Gasteiger partial charge in [-0.3, -0.25) is 5.10 Å². The van der Waals surface area contributed by atoms with Gasteiger partial charge in [0.2, 0.25) is 0 Å². The largest absolute Gasteiger partial charge is 0.376 e. The van der Waals surface area contributed by atoms with Crippen molar-refractivity contribution in [2.75, 3.05) is 19.7 Å². The molecule has 0 aliphatic carbocycles. The standard InChI is InChI=1S/C9H16N4O3S/c1-7-6-13(2-3-16-7)17(14,15)9-8(4-10)5-11-12-9/h5,7H,2-4,6,10H2,1H3,(H,11,12). The van der Waals surface area contributed by atoms with Gasteiger partial charge in [0.05, 0.1) is 18.9 Å². The second-order valence-electron chi connectivity index (χ2n) is 3.97. The van der Waals surface area contributed by atoms with E-state index in [4.69, 9.17) is 10.5 Å². The number of nitrogens with zero attached hydrogens (tertiary/aromatic N) is 2. The summed E-state index contributed by atoms with van der Waals surface area (Å²) in [4.78, 5) is 0. The summed E-state index contributed by atoms with van der Waals surface area (Å²) >= 11 is 0. The summed E-state index contributed by atoms with van der Waals surface area (Å²) in [6.07, 6.45) is 1.35. The zero-order chi connectivity index (χ0) is 12.5. The molecule has 96 valence electrons. The summed E-state index contributed by atoms with van der Waals surface area (Å²) in [5.41, 5.74) is 5.98. The van der Waals surface area contributed by atoms with Crippen molar-refractivity contribution in [3.05, 3.63) is 11.8 Å². The monoisotopic (exact) mass is 260 g/mol. The molecule has 7 nitrogen and oxygen atoms in total. The van der Waals surface area contributed by atoms with E-state index in [1.807, 2.05) is 6.92 Å². The fourth-order valence-electron chi connectivity index (χ4n) is 1.80. The van der Waals surface area contributed by atoms with Crippen molar-refractivity contribution in [1.29, 1.82) is 0 Å². The lowest BCUT2D eigenvalue weighted by Crippen LogP contribution is -2.44. The van der Waals surface area contributed by atoms with Gasteiger partial charge in [0.15, 0.2) is 5.03 Å². The number of morpholine rings is 1. The number of hydrogen-bond donors (Lipinski definition) is 2. The first kappa shape index (κ1) is 12.5. The predicted molar refractivity (Wildman–Crippen MR) is 60.7 cm³/mol. The van der Waals surface area contributed by atoms with E-state index in [0.717, 1.165) is 0 Å². The number of aromatic nitrogens is 2. The summed E-state index contributed by atoms with van der Waals surface area (Å²) in [6, 6.07) is 0. The van der Waals surface area contributed by atoms with Crippen molar-refractivity contribution < 1.29 is 13.2 Å². The molecule has 1 saturated heterocycles. The van der Waals surface area contributed by atoms with Crippen LogP contribution in [0.3, 0.4) is 0 Å². The van der Waals surface area contributed by atoms with Crippen molar-refractivity contribution in [1.82, 2.24) is 14.5 Å². The van der Waals surface area contributed by atoms with E-state index in [1.165, 1.54) is 10.5 Å². The van der Waals surface area contributed by atoms with Crippen molar-refractivity contribution in [3.8, 4) is 0 Å². The molecule has 0 radical (unpaired) electrons. The van der Waals surface area contributed by atoms with E-state index in [1.54, 1.807) is 0 Å². The smallest absolute Gasteiger partial charge is 0.260 e. The Morgan fingerprint density at radius 2 is 2.47 bits per heavy atom. The van der Waals surface area contributed by atoms with Gasteiger partial charge in [-0.05, 0) is 6.92 Å². The van der Waals surface area contributed by atoms with Gasteiger partial charge in [0.25, 0.3) is 10.0 Å². The molecular formula is C9H16N4O3S. The van der Waals surface area contributed by atoms with E-state index >= 15 is 0 Å². The zero-order valence-corrected chi connectivity index (χ0v) is 10.4. The minimum atomic E-state index is -3.54. The second kappa shape index (κ2) is 4.73. The van der Waals surface area contributed by atoms with Crippen LogP contribution in [0, 0.1) is 0 Å². The first-order chi connectivity index (χ1) is 8.05. The molecule has 0 spiro atoms. The van der Waals surface area contributed by atoms with Gasteiger partial charge in [-0.2, -0.15) is 9.40 Å². The summed E-state index contributed by atoms with van der Waals surface area (Å²) in [5, 5.41) is 6.33. The molecule has 0 bridgehead atoms. The van der Waals surface area contributed by atoms with Crippen LogP contribution in [0.25, 0.3) is 0 Å². The number of hydrogen-bond acceptors (Lipinski definition) is 5. The van der Waals surface area contributed by atoms with Gasteiger partial charge in [-0.25, -0.2) is 8.42 Å². The third kappa shape index (κ3) is 2.34. The van der Waals surface area contributed by atoms with E-state index in [0.29, 0.717) is 25.3 Å². The van der Waals surface area contributed by atoms with Crippen LogP contribution in [-0.4, -0.2) is 48.7 Å². The molecule has 17 heavy (non-hydrogen) atoms.